The number of esters is 1. The van der Waals surface area contributed by atoms with E-state index in [1.165, 1.54) is 17.2 Å². The van der Waals surface area contributed by atoms with Gasteiger partial charge in [0.05, 0.1) is 5.56 Å². The number of aliphatic carboxylic acids is 1. The van der Waals surface area contributed by atoms with Crippen molar-refractivity contribution in [2.75, 3.05) is 13.2 Å². The van der Waals surface area contributed by atoms with Gasteiger partial charge in [0.15, 0.2) is 11.6 Å². The predicted molar refractivity (Wildman–Crippen MR) is 155 cm³/mol. The SMILES string of the molecule is CC(C)(CC1Cc2ccccc2C1)NC[C@@H](COc1cc(CCC(=O)O)cc(F)c1F)OC(=O)c1ccccc1.Cl. The van der Waals surface area contributed by atoms with Crippen LogP contribution < -0.4 is 10.1 Å². The van der Waals surface area contributed by atoms with Crippen LogP contribution in [0, 0.1) is 17.6 Å². The van der Waals surface area contributed by atoms with Crippen LogP contribution in [0.1, 0.15) is 53.7 Å². The van der Waals surface area contributed by atoms with Crippen LogP contribution in [0.2, 0.25) is 0 Å². The van der Waals surface area contributed by atoms with Crippen molar-refractivity contribution in [1.82, 2.24) is 5.32 Å². The minimum absolute atomic E-state index is 0. The summed E-state index contributed by atoms with van der Waals surface area (Å²) in [5.41, 5.74) is 3.13. The third-order valence-electron chi connectivity index (χ3n) is 7.13. The zero-order valence-electron chi connectivity index (χ0n) is 23.2. The summed E-state index contributed by atoms with van der Waals surface area (Å²) >= 11 is 0. The molecule has 9 heteroatoms. The lowest BCUT2D eigenvalue weighted by molar-refractivity contribution is -0.136. The highest BCUT2D eigenvalue weighted by Crippen LogP contribution is 2.32. The number of hydrogen-bond acceptors (Lipinski definition) is 5. The van der Waals surface area contributed by atoms with Crippen molar-refractivity contribution in [2.24, 2.45) is 5.92 Å². The molecule has 0 unspecified atom stereocenters. The van der Waals surface area contributed by atoms with Crippen molar-refractivity contribution in [2.45, 2.75) is 57.6 Å². The summed E-state index contributed by atoms with van der Waals surface area (Å²) in [5, 5.41) is 12.4. The van der Waals surface area contributed by atoms with E-state index in [1.54, 1.807) is 30.3 Å². The Kier molecular flexibility index (Phi) is 11.3. The smallest absolute Gasteiger partial charge is 0.338 e. The Labute approximate surface area is 245 Å². The lowest BCUT2D eigenvalue weighted by Gasteiger charge is -2.31. The average Bonchev–Trinajstić information content (AvgIpc) is 3.33. The number of carbonyl (C=O) groups is 2. The molecule has 0 spiro atoms. The normalized spacial score (nSPS) is 13.7. The lowest BCUT2D eigenvalue weighted by Crippen LogP contribution is -2.47. The molecule has 0 heterocycles. The summed E-state index contributed by atoms with van der Waals surface area (Å²) < 4.78 is 40.1. The van der Waals surface area contributed by atoms with E-state index in [4.69, 9.17) is 14.6 Å². The van der Waals surface area contributed by atoms with Crippen LogP contribution in [-0.4, -0.2) is 41.8 Å². The first-order chi connectivity index (χ1) is 19.1. The summed E-state index contributed by atoms with van der Waals surface area (Å²) in [7, 11) is 0. The topological polar surface area (TPSA) is 84.9 Å². The molecule has 0 aromatic heterocycles. The van der Waals surface area contributed by atoms with Crippen molar-refractivity contribution in [1.29, 1.82) is 0 Å². The van der Waals surface area contributed by atoms with Gasteiger partial charge < -0.3 is 19.9 Å². The molecule has 0 radical (unpaired) electrons. The van der Waals surface area contributed by atoms with E-state index in [0.717, 1.165) is 25.3 Å². The molecule has 0 aliphatic heterocycles. The van der Waals surface area contributed by atoms with E-state index in [0.29, 0.717) is 17.0 Å². The summed E-state index contributed by atoms with van der Waals surface area (Å²) in [6.45, 7) is 4.19. The molecular weight excluding hydrogens is 552 g/mol. The Hall–Kier alpha value is -3.49. The lowest BCUT2D eigenvalue weighted by atomic mass is 9.88. The maximum atomic E-state index is 14.5. The van der Waals surface area contributed by atoms with E-state index < -0.39 is 29.7 Å². The van der Waals surface area contributed by atoms with Gasteiger partial charge >= 0.3 is 11.9 Å². The number of fused-ring (bicyclic) bond motifs is 1. The zero-order chi connectivity index (χ0) is 28.7. The molecule has 3 aromatic carbocycles. The quantitative estimate of drug-likeness (QED) is 0.232. The Balaban J connectivity index is 0.00000462. The van der Waals surface area contributed by atoms with E-state index in [1.807, 2.05) is 0 Å². The predicted octanol–water partition coefficient (Wildman–Crippen LogP) is 6.18. The van der Waals surface area contributed by atoms with E-state index >= 15 is 0 Å². The van der Waals surface area contributed by atoms with Gasteiger partial charge in [0.2, 0.25) is 5.82 Å². The second kappa shape index (κ2) is 14.4. The van der Waals surface area contributed by atoms with Gasteiger partial charge in [0.1, 0.15) is 12.7 Å². The Morgan fingerprint density at radius 3 is 2.29 bits per heavy atom. The second-order valence-corrected chi connectivity index (χ2v) is 11.0. The first-order valence-corrected chi connectivity index (χ1v) is 13.5. The number of nitrogens with one attached hydrogen (secondary N) is 1. The fourth-order valence-electron chi connectivity index (χ4n) is 5.21. The number of rotatable bonds is 13. The first kappa shape index (κ1) is 32.0. The molecule has 0 saturated carbocycles. The summed E-state index contributed by atoms with van der Waals surface area (Å²) in [4.78, 5) is 23.7. The monoisotopic (exact) mass is 587 g/mol. The Bertz CT molecular complexity index is 1310. The molecule has 4 rings (SSSR count). The number of aryl methyl sites for hydroxylation is 1. The first-order valence-electron chi connectivity index (χ1n) is 13.5. The molecule has 0 saturated heterocycles. The van der Waals surface area contributed by atoms with Crippen LogP contribution in [0.4, 0.5) is 8.78 Å². The van der Waals surface area contributed by atoms with Gasteiger partial charge in [-0.1, -0.05) is 42.5 Å². The van der Waals surface area contributed by atoms with Crippen LogP contribution in [0.25, 0.3) is 0 Å². The van der Waals surface area contributed by atoms with Gasteiger partial charge in [-0.2, -0.15) is 4.39 Å². The van der Waals surface area contributed by atoms with E-state index in [9.17, 15) is 18.4 Å². The standard InChI is InChI=1S/C32H35F2NO5.ClH/c1-32(2,18-22-14-24-10-6-7-11-25(24)15-22)35-19-26(40-31(38)23-8-4-3-5-9-23)20-39-28-17-21(12-13-29(36)37)16-27(33)30(28)34;/h3-11,16-17,22,26,35H,12-15,18-20H2,1-2H3,(H,36,37);1H/t26-;/m0./s1. The molecule has 3 aromatic rings. The number of halogens is 3. The molecule has 0 fully saturated rings. The molecule has 2 N–H and O–H groups in total. The van der Waals surface area contributed by atoms with Gasteiger partial charge in [0.25, 0.3) is 0 Å². The fourth-order valence-corrected chi connectivity index (χ4v) is 5.21. The maximum Gasteiger partial charge on any atom is 0.338 e. The number of carboxylic acid groups (broad SMARTS) is 1. The number of ether oxygens (including phenoxy) is 2. The Morgan fingerprint density at radius 2 is 1.66 bits per heavy atom. The van der Waals surface area contributed by atoms with Crippen LogP contribution in [0.3, 0.4) is 0 Å². The van der Waals surface area contributed by atoms with E-state index in [2.05, 4.69) is 43.4 Å². The third kappa shape index (κ3) is 9.26. The molecule has 0 amide bonds. The molecular formula is C32H36ClF2NO5. The fraction of sp³-hybridized carbons (Fsp3) is 0.375. The summed E-state index contributed by atoms with van der Waals surface area (Å²) in [6, 6.07) is 19.2. The van der Waals surface area contributed by atoms with Crippen molar-refractivity contribution < 1.29 is 33.0 Å². The molecule has 1 aliphatic rings. The maximum absolute atomic E-state index is 14.5. The van der Waals surface area contributed by atoms with Crippen LogP contribution in [0.15, 0.2) is 66.7 Å². The highest BCUT2D eigenvalue weighted by atomic mass is 35.5. The molecule has 1 aliphatic carbocycles. The number of hydrogen-bond donors (Lipinski definition) is 2. The molecule has 1 atom stereocenters. The van der Waals surface area contributed by atoms with Gasteiger partial charge in [-0.25, -0.2) is 9.18 Å². The van der Waals surface area contributed by atoms with Gasteiger partial charge in [0, 0.05) is 18.5 Å². The highest BCUT2D eigenvalue weighted by Gasteiger charge is 2.29. The van der Waals surface area contributed by atoms with Crippen LogP contribution >= 0.6 is 12.4 Å². The van der Waals surface area contributed by atoms with Crippen molar-refractivity contribution in [3.05, 3.63) is 101 Å². The van der Waals surface area contributed by atoms with Crippen molar-refractivity contribution >= 4 is 24.3 Å². The van der Waals surface area contributed by atoms with Gasteiger partial charge in [-0.3, -0.25) is 4.79 Å². The molecule has 6 nitrogen and oxygen atoms in total. The minimum Gasteiger partial charge on any atom is -0.486 e. The average molecular weight is 588 g/mol. The Morgan fingerprint density at radius 1 is 1.02 bits per heavy atom. The number of carboxylic acids is 1. The number of benzene rings is 3. The number of carbonyl (C=O) groups excluding carboxylic acids is 1. The van der Waals surface area contributed by atoms with Crippen molar-refractivity contribution in [3.63, 3.8) is 0 Å². The van der Waals surface area contributed by atoms with Crippen LogP contribution in [0.5, 0.6) is 5.75 Å². The summed E-state index contributed by atoms with van der Waals surface area (Å²) in [5.74, 6) is -3.79. The minimum atomic E-state index is -1.18. The third-order valence-corrected chi connectivity index (χ3v) is 7.13. The molecule has 0 bridgehead atoms. The molecule has 41 heavy (non-hydrogen) atoms. The van der Waals surface area contributed by atoms with Crippen LogP contribution in [-0.2, 0) is 28.8 Å². The van der Waals surface area contributed by atoms with Crippen molar-refractivity contribution in [3.8, 4) is 5.75 Å². The molecule has 220 valence electrons. The second-order valence-electron chi connectivity index (χ2n) is 11.0. The van der Waals surface area contributed by atoms with Gasteiger partial charge in [-0.15, -0.1) is 12.4 Å². The highest BCUT2D eigenvalue weighted by molar-refractivity contribution is 5.89. The van der Waals surface area contributed by atoms with Gasteiger partial charge in [-0.05, 0) is 86.4 Å². The largest absolute Gasteiger partial charge is 0.486 e. The summed E-state index contributed by atoms with van der Waals surface area (Å²) in [6.07, 6.45) is 1.91. The van der Waals surface area contributed by atoms with E-state index in [-0.39, 0.29) is 49.7 Å². The zero-order valence-corrected chi connectivity index (χ0v) is 24.0.